The summed E-state index contributed by atoms with van der Waals surface area (Å²) < 4.78 is 115. The quantitative estimate of drug-likeness (QED) is 0.0808. The van der Waals surface area contributed by atoms with Gasteiger partial charge in [-0.3, -0.25) is 76.7 Å². The van der Waals surface area contributed by atoms with Crippen molar-refractivity contribution in [3.8, 4) is 0 Å². The molecule has 0 bridgehead atoms. The molecule has 20 atom stereocenters. The molecule has 108 heavy (non-hydrogen) atoms. The van der Waals surface area contributed by atoms with Gasteiger partial charge in [0.1, 0.15) is 73.9 Å². The molecule has 4 aliphatic heterocycles. The lowest BCUT2D eigenvalue weighted by Gasteiger charge is -2.48. The first-order valence-corrected chi connectivity index (χ1v) is 34.9. The molecule has 0 aliphatic carbocycles. The molecular formula is C68H84N2O36S2. The predicted octanol–water partition coefficient (Wildman–Crippen LogP) is 2.47. The number of nitrogens with one attached hydrogen (secondary N) is 2. The molecule has 6 rings (SSSR count). The van der Waals surface area contributed by atoms with E-state index >= 15 is 0 Å². The smallest absolute Gasteiger partial charge is 0.303 e. The fraction of sp³-hybridized carbons (Fsp3) is 0.588. The first kappa shape index (κ1) is 87.3. The lowest BCUT2D eigenvalue weighted by molar-refractivity contribution is -0.341. The molecule has 0 aromatic heterocycles. The summed E-state index contributed by atoms with van der Waals surface area (Å²) in [6.45, 7) is 11.9. The Hall–Kier alpha value is -9.58. The van der Waals surface area contributed by atoms with E-state index in [0.717, 1.165) is 120 Å². The lowest BCUT2D eigenvalue weighted by atomic mass is 9.96. The molecule has 0 unspecified atom stereocenters. The Morgan fingerprint density at radius 2 is 0.500 bits per heavy atom. The Kier molecular flexibility index (Phi) is 33.2. The number of hydrogen-bond donors (Lipinski definition) is 2. The number of carbonyl (C=O) groups excluding carboxylic acids is 16. The molecule has 2 N–H and O–H groups in total. The summed E-state index contributed by atoms with van der Waals surface area (Å²) in [6, 6.07) is 12.1. The summed E-state index contributed by atoms with van der Waals surface area (Å²) in [5.41, 5.74) is -2.15. The highest BCUT2D eigenvalue weighted by Gasteiger charge is 2.60. The number of anilines is 2. The Morgan fingerprint density at radius 3 is 0.750 bits per heavy atom. The molecule has 0 spiro atoms. The number of thioether (sulfide) groups is 2. The van der Waals surface area contributed by atoms with E-state index in [9.17, 15) is 76.7 Å². The van der Waals surface area contributed by atoms with Gasteiger partial charge in [0.2, 0.25) is 11.8 Å². The van der Waals surface area contributed by atoms with Crippen LogP contribution in [0, 0.1) is 0 Å². The minimum atomic E-state index is -1.90. The number of hydrogen-bond acceptors (Lipinski definition) is 38. The number of benzene rings is 2. The molecule has 2 amide bonds. The van der Waals surface area contributed by atoms with Gasteiger partial charge in [-0.1, -0.05) is 23.5 Å². The van der Waals surface area contributed by atoms with Gasteiger partial charge in [-0.05, 0) is 48.5 Å². The van der Waals surface area contributed by atoms with Crippen molar-refractivity contribution in [3.05, 3.63) is 48.5 Å². The highest BCUT2D eigenvalue weighted by atomic mass is 32.2. The van der Waals surface area contributed by atoms with Crippen molar-refractivity contribution in [2.45, 2.75) is 241 Å². The van der Waals surface area contributed by atoms with Crippen molar-refractivity contribution in [1.29, 1.82) is 0 Å². The summed E-state index contributed by atoms with van der Waals surface area (Å²) in [5.74, 6) is -13.8. The molecule has 4 heterocycles. The fourth-order valence-electron chi connectivity index (χ4n) is 11.3. The van der Waals surface area contributed by atoms with Crippen molar-refractivity contribution in [1.82, 2.24) is 0 Å². The van der Waals surface area contributed by atoms with Gasteiger partial charge in [0.15, 0.2) is 73.6 Å². The zero-order valence-corrected chi connectivity index (χ0v) is 62.6. The minimum Gasteiger partial charge on any atom is -0.463 e. The summed E-state index contributed by atoms with van der Waals surface area (Å²) in [6.07, 6.45) is -30.5. The molecule has 594 valence electrons. The van der Waals surface area contributed by atoms with E-state index in [0.29, 0.717) is 9.79 Å². The van der Waals surface area contributed by atoms with Gasteiger partial charge in [0.25, 0.3) is 0 Å². The van der Waals surface area contributed by atoms with Gasteiger partial charge in [-0.15, -0.1) is 0 Å². The van der Waals surface area contributed by atoms with Crippen LogP contribution in [-0.4, -0.2) is 243 Å². The predicted molar refractivity (Wildman–Crippen MR) is 358 cm³/mol. The van der Waals surface area contributed by atoms with E-state index in [-0.39, 0.29) is 24.2 Å². The fourth-order valence-corrected chi connectivity index (χ4v) is 13.5. The van der Waals surface area contributed by atoms with Gasteiger partial charge in [-0.25, -0.2) is 0 Å². The maximum absolute atomic E-state index is 13.3. The van der Waals surface area contributed by atoms with Gasteiger partial charge >= 0.3 is 83.6 Å². The van der Waals surface area contributed by atoms with Crippen molar-refractivity contribution >= 4 is 130 Å². The van der Waals surface area contributed by atoms with E-state index in [2.05, 4.69) is 10.6 Å². The number of ether oxygens (including phenoxy) is 20. The molecule has 40 heteroatoms. The molecular weight excluding hydrogens is 1480 g/mol. The highest BCUT2D eigenvalue weighted by molar-refractivity contribution is 8.00. The molecule has 38 nitrogen and oxygen atoms in total. The van der Waals surface area contributed by atoms with Crippen LogP contribution in [0.25, 0.3) is 0 Å². The van der Waals surface area contributed by atoms with Gasteiger partial charge in [-0.2, -0.15) is 0 Å². The minimum absolute atomic E-state index is 0.253. The van der Waals surface area contributed by atoms with Crippen LogP contribution in [0.4, 0.5) is 11.4 Å². The van der Waals surface area contributed by atoms with E-state index in [1.54, 1.807) is 0 Å². The van der Waals surface area contributed by atoms with Crippen LogP contribution in [0.1, 0.15) is 110 Å². The average molecular weight is 1570 g/mol. The number of esters is 14. The second kappa shape index (κ2) is 41.1. The van der Waals surface area contributed by atoms with Crippen molar-refractivity contribution in [2.24, 2.45) is 0 Å². The summed E-state index contributed by atoms with van der Waals surface area (Å²) in [7, 11) is 0. The summed E-state index contributed by atoms with van der Waals surface area (Å²) in [4.78, 5) is 204. The third-order valence-corrected chi connectivity index (χ3v) is 17.4. The van der Waals surface area contributed by atoms with Gasteiger partial charge < -0.3 is 105 Å². The molecule has 0 saturated carbocycles. The largest absolute Gasteiger partial charge is 0.463 e. The van der Waals surface area contributed by atoms with E-state index in [4.69, 9.17) is 94.7 Å². The van der Waals surface area contributed by atoms with Crippen LogP contribution in [-0.2, 0) is 171 Å². The van der Waals surface area contributed by atoms with E-state index in [1.165, 1.54) is 48.5 Å². The third kappa shape index (κ3) is 27.3. The number of carbonyl (C=O) groups is 16. The van der Waals surface area contributed by atoms with E-state index < -0.39 is 243 Å². The normalized spacial score (nSPS) is 27.8. The van der Waals surface area contributed by atoms with Gasteiger partial charge in [0.05, 0.1) is 0 Å². The Bertz CT molecular complexity index is 3360. The molecule has 4 saturated heterocycles. The summed E-state index contributed by atoms with van der Waals surface area (Å²) in [5, 5.41) is 5.38. The monoisotopic (exact) mass is 1570 g/mol. The molecule has 2 aromatic rings. The average Bonchev–Trinajstić information content (AvgIpc) is 0.770. The Labute approximate surface area is 625 Å². The first-order chi connectivity index (χ1) is 50.8. The van der Waals surface area contributed by atoms with Crippen molar-refractivity contribution in [3.63, 3.8) is 0 Å². The SMILES string of the molecule is CC(=O)OC[C@H]1O[C@@H](Sc2ccc(NC(=O)CCC(=O)Nc3ccc(S[C@@H]4O[C@H](COC(C)=O)[C@@H](O[C@@H]5O[C@H](COC(C)=O)[C@@H](OC(C)=O)[C@H](OC(C)=O)[C@H]5OC(C)=O)[C@H](OC(C)=O)[C@H]4OC(C)=O)cc3)cc2)[C@H](OC(C)=O)[C@@H](OC(C)=O)[C@@H]1O[C@@H]1O[C@H](COC(C)=O)[C@@H](OC(C)=O)[C@H](OC(C)=O)[C@H]1OC(C)=O. The Morgan fingerprint density at radius 1 is 0.278 bits per heavy atom. The molecule has 4 fully saturated rings. The van der Waals surface area contributed by atoms with Crippen LogP contribution in [0.5, 0.6) is 0 Å². The van der Waals surface area contributed by atoms with Crippen LogP contribution in [0.2, 0.25) is 0 Å². The van der Waals surface area contributed by atoms with Crippen LogP contribution >= 0.6 is 23.5 Å². The van der Waals surface area contributed by atoms with Gasteiger partial charge in [0, 0.05) is 131 Å². The van der Waals surface area contributed by atoms with Crippen LogP contribution in [0.3, 0.4) is 0 Å². The van der Waals surface area contributed by atoms with E-state index in [1.807, 2.05) is 0 Å². The topological polar surface area (TPSA) is 482 Å². The molecule has 4 aliphatic rings. The lowest BCUT2D eigenvalue weighted by Crippen LogP contribution is -2.66. The van der Waals surface area contributed by atoms with Crippen molar-refractivity contribution in [2.75, 3.05) is 37.1 Å². The second-order valence-corrected chi connectivity index (χ2v) is 26.5. The number of amides is 2. The first-order valence-electron chi connectivity index (χ1n) is 33.2. The van der Waals surface area contributed by atoms with Crippen molar-refractivity contribution < 1.29 is 171 Å². The third-order valence-electron chi connectivity index (χ3n) is 15.1. The maximum atomic E-state index is 13.3. The number of rotatable bonds is 31. The van der Waals surface area contributed by atoms with Crippen LogP contribution < -0.4 is 10.6 Å². The molecule has 0 radical (unpaired) electrons. The molecule has 2 aromatic carbocycles. The summed E-state index contributed by atoms with van der Waals surface area (Å²) >= 11 is 1.84. The highest BCUT2D eigenvalue weighted by Crippen LogP contribution is 2.43. The zero-order chi connectivity index (χ0) is 80.0. The second-order valence-electron chi connectivity index (χ2n) is 24.2. The van der Waals surface area contributed by atoms with Crippen LogP contribution in [0.15, 0.2) is 58.3 Å². The Balaban J connectivity index is 1.16. The zero-order valence-electron chi connectivity index (χ0n) is 60.9. The standard InChI is InChI=1S/C68H84N2O36S2/c1-29(71)87-25-47-53(91-33(5)75)57(93-35(7)77)61(97-39(11)81)65(101-47)105-55-49(27-89-31(3)73)103-67(63(99-41(13)83)59(55)95-37(9)79)107-45-19-15-43(16-20-45)69-51(85)23-24-52(86)70-44-17-21-46(22-18-44)108-68-64(100-42(14)84)60(96-38(10)80)56(50(104-68)28-90-32(4)74)106-66-62(98-40(12)82)58(94-36(8)78)54(92-34(6)76)48(102-66)26-88-30(2)72/h15-22,47-50,53-68H,23-28H2,1-14H3,(H,69,85)(H,70,86)/t47-,48-,49-,50-,53-,54-,55-,56-,57+,58+,59+,60+,61-,62-,63-,64-,65+,66+,67+,68+/m1/s1. The maximum Gasteiger partial charge on any atom is 0.303 e.